The molecule has 0 aromatic heterocycles. The van der Waals surface area contributed by atoms with Crippen molar-refractivity contribution < 1.29 is 19.5 Å². The minimum atomic E-state index is -1.11. The highest BCUT2D eigenvalue weighted by Crippen LogP contribution is 2.39. The molecule has 0 fully saturated rings. The summed E-state index contributed by atoms with van der Waals surface area (Å²) in [4.78, 5) is 38.9. The molecule has 0 radical (unpaired) electrons. The molecule has 6 nitrogen and oxygen atoms in total. The van der Waals surface area contributed by atoms with Gasteiger partial charge in [0, 0.05) is 18.0 Å². The van der Waals surface area contributed by atoms with Gasteiger partial charge in [0.25, 0.3) is 5.91 Å². The van der Waals surface area contributed by atoms with Crippen molar-refractivity contribution in [1.82, 2.24) is 4.90 Å². The van der Waals surface area contributed by atoms with Crippen molar-refractivity contribution in [3.63, 3.8) is 0 Å². The van der Waals surface area contributed by atoms with Crippen LogP contribution in [0.25, 0.3) is 11.1 Å². The first-order valence-corrected chi connectivity index (χ1v) is 10.9. The SMILES string of the molecule is CCCC(CC)N(C(=O)c1cccc2c1Cc1ccccc1-2)[C@@H](CCC(N)=O)C(=O)O. The van der Waals surface area contributed by atoms with E-state index in [4.69, 9.17) is 5.73 Å². The molecule has 1 unspecified atom stereocenters. The molecule has 6 heteroatoms. The lowest BCUT2D eigenvalue weighted by Gasteiger charge is -2.36. The molecular weight excluding hydrogens is 392 g/mol. The lowest BCUT2D eigenvalue weighted by molar-refractivity contribution is -0.143. The Morgan fingerprint density at radius 1 is 1.03 bits per heavy atom. The monoisotopic (exact) mass is 422 g/mol. The fourth-order valence-electron chi connectivity index (χ4n) is 4.59. The molecule has 0 heterocycles. The largest absolute Gasteiger partial charge is 0.480 e. The molecule has 0 bridgehead atoms. The maximum Gasteiger partial charge on any atom is 0.326 e. The number of aliphatic carboxylic acids is 1. The summed E-state index contributed by atoms with van der Waals surface area (Å²) in [5.41, 5.74) is 10.0. The molecule has 2 amide bonds. The third-order valence-corrected chi connectivity index (χ3v) is 6.09. The molecule has 0 aliphatic heterocycles. The quantitative estimate of drug-likeness (QED) is 0.516. The van der Waals surface area contributed by atoms with Gasteiger partial charge in [0.1, 0.15) is 6.04 Å². The third kappa shape index (κ3) is 4.63. The molecule has 31 heavy (non-hydrogen) atoms. The number of fused-ring (bicyclic) bond motifs is 3. The van der Waals surface area contributed by atoms with Crippen LogP contribution in [-0.4, -0.2) is 39.9 Å². The van der Waals surface area contributed by atoms with E-state index in [1.807, 2.05) is 44.2 Å². The number of amides is 2. The van der Waals surface area contributed by atoms with Crippen molar-refractivity contribution in [2.24, 2.45) is 5.73 Å². The summed E-state index contributed by atoms with van der Waals surface area (Å²) in [6, 6.07) is 12.4. The van der Waals surface area contributed by atoms with Crippen LogP contribution >= 0.6 is 0 Å². The Morgan fingerprint density at radius 2 is 1.74 bits per heavy atom. The van der Waals surface area contributed by atoms with Gasteiger partial charge in [-0.1, -0.05) is 56.7 Å². The molecule has 3 rings (SSSR count). The molecule has 1 aliphatic carbocycles. The van der Waals surface area contributed by atoms with E-state index >= 15 is 0 Å². The first-order valence-electron chi connectivity index (χ1n) is 10.9. The first-order chi connectivity index (χ1) is 14.9. The Morgan fingerprint density at radius 3 is 2.39 bits per heavy atom. The van der Waals surface area contributed by atoms with Crippen LogP contribution in [0.5, 0.6) is 0 Å². The van der Waals surface area contributed by atoms with E-state index in [0.29, 0.717) is 24.8 Å². The van der Waals surface area contributed by atoms with E-state index in [9.17, 15) is 19.5 Å². The molecule has 0 saturated carbocycles. The van der Waals surface area contributed by atoms with E-state index in [0.717, 1.165) is 28.7 Å². The first kappa shape index (κ1) is 22.5. The van der Waals surface area contributed by atoms with Crippen LogP contribution in [0.15, 0.2) is 42.5 Å². The van der Waals surface area contributed by atoms with E-state index in [1.165, 1.54) is 4.90 Å². The Kier molecular flexibility index (Phi) is 7.10. The predicted molar refractivity (Wildman–Crippen MR) is 120 cm³/mol. The lowest BCUT2D eigenvalue weighted by atomic mass is 9.96. The summed E-state index contributed by atoms with van der Waals surface area (Å²) in [5.74, 6) is -1.97. The number of carbonyl (C=O) groups is 3. The van der Waals surface area contributed by atoms with Gasteiger partial charge >= 0.3 is 5.97 Å². The minimum Gasteiger partial charge on any atom is -0.480 e. The number of nitrogens with two attached hydrogens (primary N) is 1. The van der Waals surface area contributed by atoms with Crippen molar-refractivity contribution in [3.8, 4) is 11.1 Å². The van der Waals surface area contributed by atoms with Crippen LogP contribution in [0.2, 0.25) is 0 Å². The van der Waals surface area contributed by atoms with Crippen molar-refractivity contribution in [2.75, 3.05) is 0 Å². The van der Waals surface area contributed by atoms with Crippen LogP contribution in [0, 0.1) is 0 Å². The second kappa shape index (κ2) is 9.77. The zero-order valence-electron chi connectivity index (χ0n) is 18.1. The van der Waals surface area contributed by atoms with Gasteiger partial charge in [0.2, 0.25) is 5.91 Å². The Hall–Kier alpha value is -3.15. The van der Waals surface area contributed by atoms with E-state index in [-0.39, 0.29) is 24.8 Å². The lowest BCUT2D eigenvalue weighted by Crippen LogP contribution is -2.51. The van der Waals surface area contributed by atoms with Gasteiger partial charge in [-0.15, -0.1) is 0 Å². The number of primary amides is 1. The molecule has 164 valence electrons. The van der Waals surface area contributed by atoms with Gasteiger partial charge in [0.05, 0.1) is 0 Å². The molecule has 0 saturated heterocycles. The second-order valence-electron chi connectivity index (χ2n) is 8.09. The topological polar surface area (TPSA) is 101 Å². The van der Waals surface area contributed by atoms with Crippen LogP contribution in [0.4, 0.5) is 0 Å². The number of carbonyl (C=O) groups excluding carboxylic acids is 2. The number of benzene rings is 2. The van der Waals surface area contributed by atoms with Gasteiger partial charge in [-0.05, 0) is 54.0 Å². The van der Waals surface area contributed by atoms with Crippen LogP contribution in [-0.2, 0) is 16.0 Å². The fraction of sp³-hybridized carbons (Fsp3) is 0.400. The van der Waals surface area contributed by atoms with Crippen molar-refractivity contribution in [1.29, 1.82) is 0 Å². The predicted octanol–water partition coefficient (Wildman–Crippen LogP) is 4.00. The molecule has 2 aromatic carbocycles. The molecular formula is C25H30N2O4. The van der Waals surface area contributed by atoms with Crippen molar-refractivity contribution in [2.45, 2.75) is 64.5 Å². The highest BCUT2D eigenvalue weighted by molar-refractivity contribution is 6.01. The van der Waals surface area contributed by atoms with Gasteiger partial charge in [-0.25, -0.2) is 4.79 Å². The Balaban J connectivity index is 2.05. The van der Waals surface area contributed by atoms with E-state index in [1.54, 1.807) is 6.07 Å². The molecule has 3 N–H and O–H groups in total. The minimum absolute atomic E-state index is 0.00582. The number of hydrogen-bond donors (Lipinski definition) is 2. The van der Waals surface area contributed by atoms with E-state index < -0.39 is 17.9 Å². The summed E-state index contributed by atoms with van der Waals surface area (Å²) in [5, 5.41) is 9.95. The summed E-state index contributed by atoms with van der Waals surface area (Å²) >= 11 is 0. The van der Waals surface area contributed by atoms with Crippen molar-refractivity contribution >= 4 is 17.8 Å². The molecule has 2 atom stereocenters. The highest BCUT2D eigenvalue weighted by Gasteiger charge is 2.36. The van der Waals surface area contributed by atoms with Gasteiger partial charge in [-0.2, -0.15) is 0 Å². The summed E-state index contributed by atoms with van der Waals surface area (Å²) in [6.07, 6.45) is 2.72. The maximum atomic E-state index is 13.9. The smallest absolute Gasteiger partial charge is 0.326 e. The van der Waals surface area contributed by atoms with Crippen LogP contribution in [0.1, 0.15) is 67.4 Å². The average Bonchev–Trinajstić information content (AvgIpc) is 3.13. The highest BCUT2D eigenvalue weighted by atomic mass is 16.4. The van der Waals surface area contributed by atoms with Crippen LogP contribution in [0.3, 0.4) is 0 Å². The van der Waals surface area contributed by atoms with Gasteiger partial charge in [-0.3, -0.25) is 9.59 Å². The van der Waals surface area contributed by atoms with Crippen molar-refractivity contribution in [3.05, 3.63) is 59.2 Å². The number of carboxylic acids is 1. The van der Waals surface area contributed by atoms with Gasteiger partial charge in [0.15, 0.2) is 0 Å². The van der Waals surface area contributed by atoms with Crippen LogP contribution < -0.4 is 5.73 Å². The second-order valence-corrected chi connectivity index (χ2v) is 8.09. The maximum absolute atomic E-state index is 13.9. The zero-order chi connectivity index (χ0) is 22.5. The molecule has 0 spiro atoms. The average molecular weight is 423 g/mol. The molecule has 2 aromatic rings. The number of carboxylic acid groups (broad SMARTS) is 1. The normalized spacial score (nSPS) is 13.7. The Labute approximate surface area is 183 Å². The van der Waals surface area contributed by atoms with Gasteiger partial charge < -0.3 is 15.7 Å². The fourth-order valence-corrected chi connectivity index (χ4v) is 4.59. The summed E-state index contributed by atoms with van der Waals surface area (Å²) in [6.45, 7) is 3.97. The standard InChI is InChI=1S/C25H30N2O4/c1-3-8-17(4-2)27(22(25(30)31)13-14-23(26)28)24(29)20-12-7-11-19-18-10-6-5-9-16(18)15-21(19)20/h5-7,9-12,17,22H,3-4,8,13-15H2,1-2H3,(H2,26,28)(H,30,31)/t17?,22-/m0/s1. The van der Waals surface area contributed by atoms with E-state index in [2.05, 4.69) is 6.07 Å². The molecule has 1 aliphatic rings. The number of nitrogens with zero attached hydrogens (tertiary/aromatic N) is 1. The summed E-state index contributed by atoms with van der Waals surface area (Å²) in [7, 11) is 0. The zero-order valence-corrected chi connectivity index (χ0v) is 18.1. The number of rotatable bonds is 10. The summed E-state index contributed by atoms with van der Waals surface area (Å²) < 4.78 is 0. The number of hydrogen-bond acceptors (Lipinski definition) is 3. The third-order valence-electron chi connectivity index (χ3n) is 6.09. The Bertz CT molecular complexity index is 985.